The second kappa shape index (κ2) is 2.28. The van der Waals surface area contributed by atoms with Crippen LogP contribution < -0.4 is 5.73 Å². The fraction of sp³-hybridized carbons (Fsp3) is 1.00. The Kier molecular flexibility index (Phi) is 1.44. The first-order valence-electron chi connectivity index (χ1n) is 5.52. The highest BCUT2D eigenvalue weighted by Crippen LogP contribution is 2.62. The van der Waals surface area contributed by atoms with Crippen LogP contribution in [0, 0.1) is 17.3 Å². The van der Waals surface area contributed by atoms with Gasteiger partial charge in [0.1, 0.15) is 5.67 Å². The molecule has 4 aliphatic rings. The Morgan fingerprint density at radius 3 is 2.23 bits per heavy atom. The molecule has 13 heavy (non-hydrogen) atoms. The van der Waals surface area contributed by atoms with Gasteiger partial charge in [-0.2, -0.15) is 0 Å². The first kappa shape index (κ1) is 8.22. The molecule has 2 N–H and O–H groups in total. The van der Waals surface area contributed by atoms with Crippen molar-refractivity contribution >= 4 is 0 Å². The molecule has 4 atom stereocenters. The van der Waals surface area contributed by atoms with Crippen LogP contribution >= 0.6 is 0 Å². The molecule has 0 aliphatic heterocycles. The predicted octanol–water partition coefficient (Wildman–Crippen LogP) is 2.25. The molecule has 4 saturated carbocycles. The van der Waals surface area contributed by atoms with Crippen LogP contribution in [0.25, 0.3) is 0 Å². The lowest BCUT2D eigenvalue weighted by atomic mass is 9.48. The number of hydrogen-bond donors (Lipinski definition) is 1. The van der Waals surface area contributed by atoms with Crippen molar-refractivity contribution in [1.82, 2.24) is 0 Å². The smallest absolute Gasteiger partial charge is 0.112 e. The van der Waals surface area contributed by atoms with E-state index >= 15 is 0 Å². The molecular weight excluding hydrogens is 165 g/mol. The predicted molar refractivity (Wildman–Crippen MR) is 50.0 cm³/mol. The highest BCUT2D eigenvalue weighted by molar-refractivity contribution is 5.08. The van der Waals surface area contributed by atoms with E-state index in [0.29, 0.717) is 18.4 Å². The molecule has 0 aromatic carbocycles. The van der Waals surface area contributed by atoms with Gasteiger partial charge in [-0.1, -0.05) is 0 Å². The summed E-state index contributed by atoms with van der Waals surface area (Å²) < 4.78 is 14.3. The van der Waals surface area contributed by atoms with Crippen LogP contribution in [0.2, 0.25) is 0 Å². The van der Waals surface area contributed by atoms with Gasteiger partial charge in [0.05, 0.1) is 0 Å². The Morgan fingerprint density at radius 2 is 1.77 bits per heavy atom. The van der Waals surface area contributed by atoms with E-state index in [1.54, 1.807) is 0 Å². The maximum atomic E-state index is 14.3. The van der Waals surface area contributed by atoms with Gasteiger partial charge in [0.25, 0.3) is 0 Å². The molecule has 4 aliphatic carbocycles. The largest absolute Gasteiger partial charge is 0.330 e. The average molecular weight is 183 g/mol. The van der Waals surface area contributed by atoms with Crippen molar-refractivity contribution in [2.24, 2.45) is 23.0 Å². The van der Waals surface area contributed by atoms with Crippen molar-refractivity contribution < 1.29 is 4.39 Å². The van der Waals surface area contributed by atoms with E-state index in [0.717, 1.165) is 19.3 Å². The Hall–Kier alpha value is -0.110. The van der Waals surface area contributed by atoms with Gasteiger partial charge in [0.15, 0.2) is 0 Å². The van der Waals surface area contributed by atoms with Gasteiger partial charge in [-0.3, -0.25) is 0 Å². The third-order valence-corrected chi connectivity index (χ3v) is 4.54. The quantitative estimate of drug-likeness (QED) is 0.663. The fourth-order valence-electron chi connectivity index (χ4n) is 4.57. The number of hydrogen-bond acceptors (Lipinski definition) is 1. The van der Waals surface area contributed by atoms with E-state index in [-0.39, 0.29) is 5.41 Å². The molecule has 0 spiro atoms. The Morgan fingerprint density at radius 1 is 1.15 bits per heavy atom. The summed E-state index contributed by atoms with van der Waals surface area (Å²) in [7, 11) is 0. The zero-order valence-corrected chi connectivity index (χ0v) is 8.06. The number of halogens is 1. The van der Waals surface area contributed by atoms with Crippen LogP contribution in [0.3, 0.4) is 0 Å². The lowest BCUT2D eigenvalue weighted by Gasteiger charge is -2.59. The van der Waals surface area contributed by atoms with E-state index in [1.807, 2.05) is 0 Å². The van der Waals surface area contributed by atoms with Crippen LogP contribution in [0.5, 0.6) is 0 Å². The molecule has 0 saturated heterocycles. The molecule has 4 rings (SSSR count). The fourth-order valence-corrected chi connectivity index (χ4v) is 4.57. The van der Waals surface area contributed by atoms with Gasteiger partial charge < -0.3 is 5.73 Å². The molecule has 74 valence electrons. The van der Waals surface area contributed by atoms with Crippen LogP contribution in [0.15, 0.2) is 0 Å². The van der Waals surface area contributed by atoms with E-state index in [9.17, 15) is 4.39 Å². The van der Waals surface area contributed by atoms with Crippen molar-refractivity contribution in [3.63, 3.8) is 0 Å². The number of nitrogens with two attached hydrogens (primary N) is 1. The molecule has 0 amide bonds. The Balaban J connectivity index is 1.95. The minimum atomic E-state index is -0.816. The van der Waals surface area contributed by atoms with Gasteiger partial charge in [0.2, 0.25) is 0 Å². The van der Waals surface area contributed by atoms with E-state index in [1.165, 1.54) is 19.3 Å². The normalized spacial score (nSPS) is 58.6. The third-order valence-electron chi connectivity index (χ3n) is 4.54. The summed E-state index contributed by atoms with van der Waals surface area (Å²) in [5, 5.41) is 0. The summed E-state index contributed by atoms with van der Waals surface area (Å²) in [4.78, 5) is 0. The maximum absolute atomic E-state index is 14.3. The zero-order chi connectivity index (χ0) is 9.10. The van der Waals surface area contributed by atoms with Crippen LogP contribution in [0.1, 0.15) is 38.5 Å². The lowest BCUT2D eigenvalue weighted by Crippen LogP contribution is -2.55. The molecule has 4 bridgehead atoms. The van der Waals surface area contributed by atoms with Crippen molar-refractivity contribution in [2.45, 2.75) is 44.2 Å². The molecule has 2 unspecified atom stereocenters. The average Bonchev–Trinajstić information content (AvgIpc) is 1.99. The molecule has 1 nitrogen and oxygen atoms in total. The molecule has 0 aromatic heterocycles. The second-order valence-corrected chi connectivity index (χ2v) is 5.82. The van der Waals surface area contributed by atoms with Crippen LogP contribution in [-0.2, 0) is 0 Å². The van der Waals surface area contributed by atoms with E-state index < -0.39 is 5.67 Å². The van der Waals surface area contributed by atoms with Gasteiger partial charge in [-0.05, 0) is 62.3 Å². The van der Waals surface area contributed by atoms with Crippen molar-refractivity contribution in [3.8, 4) is 0 Å². The molecule has 4 fully saturated rings. The summed E-state index contributed by atoms with van der Waals surface area (Å²) in [5.41, 5.74) is 5.21. The zero-order valence-electron chi connectivity index (χ0n) is 8.06. The maximum Gasteiger partial charge on any atom is 0.112 e. The Bertz CT molecular complexity index is 224. The highest BCUT2D eigenvalue weighted by atomic mass is 19.1. The lowest BCUT2D eigenvalue weighted by molar-refractivity contribution is -0.119. The van der Waals surface area contributed by atoms with Gasteiger partial charge in [0, 0.05) is 0 Å². The van der Waals surface area contributed by atoms with Gasteiger partial charge in [-0.25, -0.2) is 4.39 Å². The standard InChI is InChI=1S/C11H18FN/c12-11-4-8-1-9(5-11)3-10(2-8,6-11)7-13/h8-9H,1-7,13H2/t8-,9+,10?,11?. The second-order valence-electron chi connectivity index (χ2n) is 5.82. The monoisotopic (exact) mass is 183 g/mol. The van der Waals surface area contributed by atoms with Crippen molar-refractivity contribution in [2.75, 3.05) is 6.54 Å². The molecule has 0 radical (unpaired) electrons. The molecule has 0 aromatic rings. The summed E-state index contributed by atoms with van der Waals surface area (Å²) in [6, 6.07) is 0. The summed E-state index contributed by atoms with van der Waals surface area (Å²) in [6.07, 6.45) is 6.16. The van der Waals surface area contributed by atoms with E-state index in [2.05, 4.69) is 0 Å². The first-order chi connectivity index (χ1) is 6.13. The van der Waals surface area contributed by atoms with Crippen LogP contribution in [-0.4, -0.2) is 12.2 Å². The highest BCUT2D eigenvalue weighted by Gasteiger charge is 2.57. The first-order valence-corrected chi connectivity index (χ1v) is 5.52. The van der Waals surface area contributed by atoms with Gasteiger partial charge >= 0.3 is 0 Å². The molecular formula is C11H18FN. The summed E-state index contributed by atoms with van der Waals surface area (Å²) >= 11 is 0. The van der Waals surface area contributed by atoms with Crippen LogP contribution in [0.4, 0.5) is 4.39 Å². The summed E-state index contributed by atoms with van der Waals surface area (Å²) in [6.45, 7) is 0.714. The van der Waals surface area contributed by atoms with E-state index in [4.69, 9.17) is 5.73 Å². The van der Waals surface area contributed by atoms with Crippen molar-refractivity contribution in [3.05, 3.63) is 0 Å². The number of alkyl halides is 1. The van der Waals surface area contributed by atoms with Gasteiger partial charge in [-0.15, -0.1) is 0 Å². The molecule has 2 heteroatoms. The Labute approximate surface area is 78.9 Å². The topological polar surface area (TPSA) is 26.0 Å². The SMILES string of the molecule is NCC12C[C@@H]3C[C@@H](CC(F)(C3)C1)C2. The minimum Gasteiger partial charge on any atom is -0.330 e. The molecule has 0 heterocycles. The summed E-state index contributed by atoms with van der Waals surface area (Å²) in [5.74, 6) is 1.32. The minimum absolute atomic E-state index is 0.207. The van der Waals surface area contributed by atoms with Crippen molar-refractivity contribution in [1.29, 1.82) is 0 Å². The number of rotatable bonds is 1. The third kappa shape index (κ3) is 1.08.